The molecule has 0 bridgehead atoms. The number of fused-ring (bicyclic) bond motifs is 4. The van der Waals surface area contributed by atoms with Crippen LogP contribution < -0.4 is 5.32 Å². The summed E-state index contributed by atoms with van der Waals surface area (Å²) in [7, 11) is 0. The van der Waals surface area contributed by atoms with Gasteiger partial charge in [0.05, 0.1) is 22.9 Å². The van der Waals surface area contributed by atoms with E-state index >= 15 is 0 Å². The Hall–Kier alpha value is -3.12. The van der Waals surface area contributed by atoms with Crippen LogP contribution in [0.25, 0.3) is 22.3 Å². The molecule has 0 atom stereocenters. The van der Waals surface area contributed by atoms with Crippen molar-refractivity contribution in [2.24, 2.45) is 0 Å². The summed E-state index contributed by atoms with van der Waals surface area (Å²) in [4.78, 5) is 27.1. The molecular formula is C20H14N4OS. The molecular weight excluding hydrogens is 344 g/mol. The number of thiazole rings is 1. The first-order valence-corrected chi connectivity index (χ1v) is 9.21. The molecule has 2 aromatic carbocycles. The zero-order valence-electron chi connectivity index (χ0n) is 13.8. The Kier molecular flexibility index (Phi) is 3.50. The van der Waals surface area contributed by atoms with Crippen LogP contribution in [0, 0.1) is 0 Å². The Morgan fingerprint density at radius 2 is 1.77 bits per heavy atom. The number of aromatic nitrogens is 3. The second-order valence-electron chi connectivity index (χ2n) is 6.15. The standard InChI is InChI=1S/C20H14N4OS/c25-19(16-11-21-14-7-3-4-8-15(14)22-16)24-20-23-18-13-6-2-1-5-12(13)9-10-17(18)26-20/h1-8,11H,9-10H2,(H,23,24,25). The molecule has 0 unspecified atom stereocenters. The van der Waals surface area contributed by atoms with Crippen molar-refractivity contribution in [3.05, 3.63) is 70.9 Å². The fourth-order valence-corrected chi connectivity index (χ4v) is 4.20. The molecule has 2 heterocycles. The summed E-state index contributed by atoms with van der Waals surface area (Å²) in [5, 5.41) is 3.48. The summed E-state index contributed by atoms with van der Waals surface area (Å²) in [5.41, 5.74) is 5.21. The van der Waals surface area contributed by atoms with Crippen molar-refractivity contribution >= 4 is 33.4 Å². The van der Waals surface area contributed by atoms with Crippen molar-refractivity contribution in [1.29, 1.82) is 0 Å². The molecule has 1 aliphatic rings. The molecule has 5 rings (SSSR count). The minimum absolute atomic E-state index is 0.289. The quantitative estimate of drug-likeness (QED) is 0.586. The van der Waals surface area contributed by atoms with E-state index in [1.807, 2.05) is 30.3 Å². The van der Waals surface area contributed by atoms with Crippen molar-refractivity contribution in [3.8, 4) is 11.3 Å². The predicted molar refractivity (Wildman–Crippen MR) is 102 cm³/mol. The number of nitrogens with one attached hydrogen (secondary N) is 1. The molecule has 26 heavy (non-hydrogen) atoms. The molecule has 126 valence electrons. The van der Waals surface area contributed by atoms with Gasteiger partial charge in [0, 0.05) is 10.4 Å². The highest BCUT2D eigenvalue weighted by atomic mass is 32.1. The van der Waals surface area contributed by atoms with E-state index in [0.717, 1.165) is 29.6 Å². The van der Waals surface area contributed by atoms with E-state index in [1.54, 1.807) is 0 Å². The van der Waals surface area contributed by atoms with Crippen LogP contribution >= 0.6 is 11.3 Å². The number of benzene rings is 2. The average Bonchev–Trinajstić information content (AvgIpc) is 3.10. The van der Waals surface area contributed by atoms with Gasteiger partial charge in [0.2, 0.25) is 0 Å². The van der Waals surface area contributed by atoms with E-state index in [4.69, 9.17) is 0 Å². The van der Waals surface area contributed by atoms with Gasteiger partial charge in [-0.05, 0) is 30.5 Å². The van der Waals surface area contributed by atoms with E-state index in [2.05, 4.69) is 38.5 Å². The lowest BCUT2D eigenvalue weighted by molar-refractivity contribution is 0.102. The molecule has 6 heteroatoms. The largest absolute Gasteiger partial charge is 0.296 e. The third-order valence-electron chi connectivity index (χ3n) is 4.49. The smallest absolute Gasteiger partial charge is 0.277 e. The van der Waals surface area contributed by atoms with Gasteiger partial charge in [-0.2, -0.15) is 0 Å². The van der Waals surface area contributed by atoms with E-state index in [-0.39, 0.29) is 11.6 Å². The lowest BCUT2D eigenvalue weighted by Crippen LogP contribution is -2.14. The molecule has 2 aromatic heterocycles. The van der Waals surface area contributed by atoms with Crippen LogP contribution in [0.4, 0.5) is 5.13 Å². The fourth-order valence-electron chi connectivity index (χ4n) is 3.23. The molecule has 0 fully saturated rings. The maximum absolute atomic E-state index is 12.6. The molecule has 4 aromatic rings. The number of carbonyl (C=O) groups is 1. The van der Waals surface area contributed by atoms with Gasteiger partial charge in [0.1, 0.15) is 5.69 Å². The molecule has 0 spiro atoms. The number of hydrogen-bond acceptors (Lipinski definition) is 5. The second-order valence-corrected chi connectivity index (χ2v) is 7.23. The second kappa shape index (κ2) is 6.00. The Bertz CT molecular complexity index is 1150. The summed E-state index contributed by atoms with van der Waals surface area (Å²) in [6.45, 7) is 0. The third kappa shape index (κ3) is 2.55. The first-order chi connectivity index (χ1) is 12.8. The fraction of sp³-hybridized carbons (Fsp3) is 0.100. The Labute approximate surface area is 153 Å². The highest BCUT2D eigenvalue weighted by Crippen LogP contribution is 2.37. The van der Waals surface area contributed by atoms with Crippen molar-refractivity contribution in [3.63, 3.8) is 0 Å². The molecule has 0 aliphatic heterocycles. The summed E-state index contributed by atoms with van der Waals surface area (Å²) in [6.07, 6.45) is 3.46. The number of amides is 1. The molecule has 1 N–H and O–H groups in total. The zero-order valence-corrected chi connectivity index (χ0v) is 14.6. The van der Waals surface area contributed by atoms with E-state index < -0.39 is 0 Å². The lowest BCUT2D eigenvalue weighted by atomic mass is 9.94. The van der Waals surface area contributed by atoms with Crippen LogP contribution in [0.3, 0.4) is 0 Å². The molecule has 0 radical (unpaired) electrons. The Morgan fingerprint density at radius 3 is 2.69 bits per heavy atom. The maximum Gasteiger partial charge on any atom is 0.277 e. The Balaban J connectivity index is 1.45. The summed E-state index contributed by atoms with van der Waals surface area (Å²) in [5.74, 6) is -0.289. The monoisotopic (exact) mass is 358 g/mol. The van der Waals surface area contributed by atoms with Gasteiger partial charge in [-0.15, -0.1) is 11.3 Å². The summed E-state index contributed by atoms with van der Waals surface area (Å²) < 4.78 is 0. The minimum Gasteiger partial charge on any atom is -0.296 e. The molecule has 0 saturated carbocycles. The van der Waals surface area contributed by atoms with E-state index in [0.29, 0.717) is 10.6 Å². The Morgan fingerprint density at radius 1 is 0.962 bits per heavy atom. The van der Waals surface area contributed by atoms with Crippen molar-refractivity contribution < 1.29 is 4.79 Å². The van der Waals surface area contributed by atoms with Gasteiger partial charge in [0.25, 0.3) is 5.91 Å². The van der Waals surface area contributed by atoms with Gasteiger partial charge in [-0.25, -0.2) is 9.97 Å². The van der Waals surface area contributed by atoms with Crippen molar-refractivity contribution in [2.45, 2.75) is 12.8 Å². The number of aryl methyl sites for hydroxylation is 2. The number of nitrogens with zero attached hydrogens (tertiary/aromatic N) is 3. The predicted octanol–water partition coefficient (Wildman–Crippen LogP) is 4.10. The van der Waals surface area contributed by atoms with Crippen LogP contribution in [-0.4, -0.2) is 20.9 Å². The average molecular weight is 358 g/mol. The molecule has 1 aliphatic carbocycles. The molecule has 0 saturated heterocycles. The van der Waals surface area contributed by atoms with E-state index in [9.17, 15) is 4.79 Å². The zero-order chi connectivity index (χ0) is 17.5. The molecule has 5 nitrogen and oxygen atoms in total. The normalized spacial score (nSPS) is 12.5. The maximum atomic E-state index is 12.6. The van der Waals surface area contributed by atoms with Crippen LogP contribution in [-0.2, 0) is 12.8 Å². The minimum atomic E-state index is -0.289. The van der Waals surface area contributed by atoms with Gasteiger partial charge in [-0.3, -0.25) is 15.1 Å². The first-order valence-electron chi connectivity index (χ1n) is 8.39. The van der Waals surface area contributed by atoms with Crippen LogP contribution in [0.5, 0.6) is 0 Å². The van der Waals surface area contributed by atoms with Crippen LogP contribution in [0.15, 0.2) is 54.7 Å². The highest BCUT2D eigenvalue weighted by Gasteiger charge is 2.21. The number of carbonyl (C=O) groups excluding carboxylic acids is 1. The number of rotatable bonds is 2. The lowest BCUT2D eigenvalue weighted by Gasteiger charge is -2.13. The summed E-state index contributed by atoms with van der Waals surface area (Å²) >= 11 is 1.53. The number of anilines is 1. The van der Waals surface area contributed by atoms with Crippen LogP contribution in [0.2, 0.25) is 0 Å². The summed E-state index contributed by atoms with van der Waals surface area (Å²) in [6, 6.07) is 15.8. The topological polar surface area (TPSA) is 67.8 Å². The number of hydrogen-bond donors (Lipinski definition) is 1. The molecule has 1 amide bonds. The third-order valence-corrected chi connectivity index (χ3v) is 5.52. The first kappa shape index (κ1) is 15.2. The van der Waals surface area contributed by atoms with Gasteiger partial charge < -0.3 is 0 Å². The highest BCUT2D eigenvalue weighted by molar-refractivity contribution is 7.16. The number of para-hydroxylation sites is 2. The van der Waals surface area contributed by atoms with Crippen molar-refractivity contribution in [2.75, 3.05) is 5.32 Å². The SMILES string of the molecule is O=C(Nc1nc2c(s1)CCc1ccccc1-2)c1cnc2ccccc2n1. The van der Waals surface area contributed by atoms with Gasteiger partial charge >= 0.3 is 0 Å². The van der Waals surface area contributed by atoms with Crippen LogP contribution in [0.1, 0.15) is 20.9 Å². The van der Waals surface area contributed by atoms with Crippen molar-refractivity contribution in [1.82, 2.24) is 15.0 Å². The van der Waals surface area contributed by atoms with E-state index in [1.165, 1.54) is 28.0 Å². The van der Waals surface area contributed by atoms with Gasteiger partial charge in [0.15, 0.2) is 5.13 Å². The van der Waals surface area contributed by atoms with Gasteiger partial charge in [-0.1, -0.05) is 36.4 Å².